The Morgan fingerprint density at radius 2 is 2.00 bits per heavy atom. The minimum absolute atomic E-state index is 0.0190. The molecule has 0 saturated heterocycles. The van der Waals surface area contributed by atoms with Crippen LogP contribution in [0.4, 0.5) is 0 Å². The number of imide groups is 1. The molecule has 1 rings (SSSR count). The SMILES string of the molecule is C#CCCCC[C@H](C)C(=O)NCCCC[C@H]1C(OC)=CC(=O)N1C(=O)CCCCC. The van der Waals surface area contributed by atoms with Crippen LogP contribution in [0.3, 0.4) is 0 Å². The van der Waals surface area contributed by atoms with E-state index in [0.717, 1.165) is 57.8 Å². The minimum Gasteiger partial charge on any atom is -0.499 e. The second-order valence-corrected chi connectivity index (χ2v) is 7.96. The quantitative estimate of drug-likeness (QED) is 0.323. The summed E-state index contributed by atoms with van der Waals surface area (Å²) in [6.07, 6.45) is 15.6. The van der Waals surface area contributed by atoms with E-state index in [4.69, 9.17) is 11.2 Å². The molecule has 0 unspecified atom stereocenters. The Hall–Kier alpha value is -2.29. The highest BCUT2D eigenvalue weighted by Gasteiger charge is 2.37. The number of methoxy groups -OCH3 is 1. The van der Waals surface area contributed by atoms with E-state index in [9.17, 15) is 14.4 Å². The number of carbonyl (C=O) groups excluding carboxylic acids is 3. The first kappa shape index (κ1) is 25.7. The molecular formula is C24H38N2O4. The van der Waals surface area contributed by atoms with Crippen molar-refractivity contribution in [1.82, 2.24) is 10.2 Å². The molecule has 0 saturated carbocycles. The predicted molar refractivity (Wildman–Crippen MR) is 118 cm³/mol. The van der Waals surface area contributed by atoms with Gasteiger partial charge in [0.15, 0.2) is 0 Å². The lowest BCUT2D eigenvalue weighted by atomic mass is 10.0. The van der Waals surface area contributed by atoms with E-state index in [1.807, 2.05) is 6.92 Å². The van der Waals surface area contributed by atoms with E-state index < -0.39 is 0 Å². The van der Waals surface area contributed by atoms with Crippen molar-refractivity contribution in [3.63, 3.8) is 0 Å². The third kappa shape index (κ3) is 8.61. The van der Waals surface area contributed by atoms with Gasteiger partial charge >= 0.3 is 0 Å². The van der Waals surface area contributed by atoms with Crippen LogP contribution < -0.4 is 5.32 Å². The molecule has 1 N–H and O–H groups in total. The molecule has 0 aromatic heterocycles. The van der Waals surface area contributed by atoms with Gasteiger partial charge in [-0.25, -0.2) is 0 Å². The molecule has 0 aromatic carbocycles. The summed E-state index contributed by atoms with van der Waals surface area (Å²) in [5, 5.41) is 2.98. The number of carbonyl (C=O) groups is 3. The van der Waals surface area contributed by atoms with Gasteiger partial charge in [-0.2, -0.15) is 0 Å². The molecule has 168 valence electrons. The number of unbranched alkanes of at least 4 members (excludes halogenated alkanes) is 5. The van der Waals surface area contributed by atoms with E-state index in [-0.39, 0.29) is 29.7 Å². The highest BCUT2D eigenvalue weighted by Crippen LogP contribution is 2.26. The molecule has 1 heterocycles. The smallest absolute Gasteiger partial charge is 0.257 e. The zero-order chi connectivity index (χ0) is 22.4. The Kier molecular flexibility index (Phi) is 12.6. The number of ether oxygens (including phenoxy) is 1. The van der Waals surface area contributed by atoms with Gasteiger partial charge in [-0.3, -0.25) is 19.3 Å². The number of rotatable bonds is 15. The van der Waals surface area contributed by atoms with Gasteiger partial charge in [-0.05, 0) is 38.5 Å². The van der Waals surface area contributed by atoms with Crippen molar-refractivity contribution in [2.45, 2.75) is 90.5 Å². The Labute approximate surface area is 181 Å². The van der Waals surface area contributed by atoms with Gasteiger partial charge in [-0.1, -0.05) is 33.1 Å². The average Bonchev–Trinajstić information content (AvgIpc) is 3.06. The Morgan fingerprint density at radius 3 is 2.67 bits per heavy atom. The minimum atomic E-state index is -0.331. The third-order valence-corrected chi connectivity index (χ3v) is 5.50. The lowest BCUT2D eigenvalue weighted by Gasteiger charge is -2.25. The number of hydrogen-bond acceptors (Lipinski definition) is 4. The molecule has 6 heteroatoms. The fourth-order valence-corrected chi connectivity index (χ4v) is 3.64. The molecule has 30 heavy (non-hydrogen) atoms. The molecule has 1 aliphatic rings. The summed E-state index contributed by atoms with van der Waals surface area (Å²) in [6, 6.07) is -0.331. The average molecular weight is 419 g/mol. The van der Waals surface area contributed by atoms with Crippen molar-refractivity contribution in [2.75, 3.05) is 13.7 Å². The topological polar surface area (TPSA) is 75.7 Å². The summed E-state index contributed by atoms with van der Waals surface area (Å²) in [5.41, 5.74) is 0. The lowest BCUT2D eigenvalue weighted by Crippen LogP contribution is -2.40. The summed E-state index contributed by atoms with van der Waals surface area (Å²) in [5.74, 6) is 2.80. The predicted octanol–water partition coefficient (Wildman–Crippen LogP) is 3.95. The third-order valence-electron chi connectivity index (χ3n) is 5.50. The Balaban J connectivity index is 2.38. The van der Waals surface area contributed by atoms with Gasteiger partial charge in [0.25, 0.3) is 5.91 Å². The van der Waals surface area contributed by atoms with Crippen molar-refractivity contribution in [3.8, 4) is 12.3 Å². The molecule has 0 spiro atoms. The Bertz CT molecular complexity index is 636. The van der Waals surface area contributed by atoms with Crippen molar-refractivity contribution in [3.05, 3.63) is 11.8 Å². The van der Waals surface area contributed by atoms with E-state index in [2.05, 4.69) is 18.2 Å². The first-order valence-electron chi connectivity index (χ1n) is 11.3. The Morgan fingerprint density at radius 1 is 1.23 bits per heavy atom. The molecular weight excluding hydrogens is 380 g/mol. The zero-order valence-electron chi connectivity index (χ0n) is 18.9. The maximum Gasteiger partial charge on any atom is 0.257 e. The molecule has 0 aromatic rings. The molecule has 0 bridgehead atoms. The van der Waals surface area contributed by atoms with Gasteiger partial charge in [0, 0.05) is 31.4 Å². The van der Waals surface area contributed by atoms with Crippen LogP contribution in [0.2, 0.25) is 0 Å². The summed E-state index contributed by atoms with van der Waals surface area (Å²) in [4.78, 5) is 38.3. The lowest BCUT2D eigenvalue weighted by molar-refractivity contribution is -0.143. The molecule has 0 aliphatic carbocycles. The van der Waals surface area contributed by atoms with Crippen LogP contribution in [0, 0.1) is 18.3 Å². The molecule has 0 fully saturated rings. The van der Waals surface area contributed by atoms with Crippen LogP contribution in [0.5, 0.6) is 0 Å². The fourth-order valence-electron chi connectivity index (χ4n) is 3.64. The van der Waals surface area contributed by atoms with Crippen LogP contribution >= 0.6 is 0 Å². The zero-order valence-corrected chi connectivity index (χ0v) is 18.9. The summed E-state index contributed by atoms with van der Waals surface area (Å²) < 4.78 is 5.35. The second kappa shape index (κ2) is 14.7. The number of nitrogens with one attached hydrogen (secondary N) is 1. The summed E-state index contributed by atoms with van der Waals surface area (Å²) in [7, 11) is 1.53. The van der Waals surface area contributed by atoms with Crippen molar-refractivity contribution in [1.29, 1.82) is 0 Å². The van der Waals surface area contributed by atoms with Crippen LogP contribution in [-0.2, 0) is 19.1 Å². The largest absolute Gasteiger partial charge is 0.499 e. The molecule has 2 atom stereocenters. The number of terminal acetylenes is 1. The van der Waals surface area contributed by atoms with E-state index in [1.165, 1.54) is 18.1 Å². The van der Waals surface area contributed by atoms with Gasteiger partial charge in [0.05, 0.1) is 13.2 Å². The summed E-state index contributed by atoms with van der Waals surface area (Å²) >= 11 is 0. The van der Waals surface area contributed by atoms with Gasteiger partial charge in [0.1, 0.15) is 5.76 Å². The molecule has 0 radical (unpaired) electrons. The molecule has 1 aliphatic heterocycles. The molecule has 6 nitrogen and oxygen atoms in total. The van der Waals surface area contributed by atoms with Crippen LogP contribution in [0.25, 0.3) is 0 Å². The number of hydrogen-bond donors (Lipinski definition) is 1. The standard InChI is InChI=1S/C24H38N2O4/c1-5-7-9-11-14-19(3)24(29)25-17-13-12-15-20-21(30-4)18-23(28)26(20)22(27)16-10-8-6-2/h1,18-20H,6-17H2,2-4H3,(H,25,29)/t19-,20-/m0/s1. The second-order valence-electron chi connectivity index (χ2n) is 7.96. The highest BCUT2D eigenvalue weighted by molar-refractivity contribution is 6.04. The van der Waals surface area contributed by atoms with Crippen molar-refractivity contribution < 1.29 is 19.1 Å². The highest BCUT2D eigenvalue weighted by atomic mass is 16.5. The first-order chi connectivity index (χ1) is 14.5. The van der Waals surface area contributed by atoms with E-state index in [0.29, 0.717) is 25.1 Å². The van der Waals surface area contributed by atoms with Gasteiger partial charge < -0.3 is 10.1 Å². The number of nitrogens with zero attached hydrogens (tertiary/aromatic N) is 1. The molecule has 3 amide bonds. The first-order valence-corrected chi connectivity index (χ1v) is 11.3. The normalized spacial score (nSPS) is 16.7. The van der Waals surface area contributed by atoms with Gasteiger partial charge in [0.2, 0.25) is 11.8 Å². The van der Waals surface area contributed by atoms with Gasteiger partial charge in [-0.15, -0.1) is 12.3 Å². The van der Waals surface area contributed by atoms with Crippen LogP contribution in [-0.4, -0.2) is 42.3 Å². The van der Waals surface area contributed by atoms with E-state index >= 15 is 0 Å². The van der Waals surface area contributed by atoms with Crippen molar-refractivity contribution >= 4 is 17.7 Å². The maximum atomic E-state index is 12.5. The fraction of sp³-hybridized carbons (Fsp3) is 0.708. The van der Waals surface area contributed by atoms with Crippen LogP contribution in [0.1, 0.15) is 84.5 Å². The van der Waals surface area contributed by atoms with E-state index in [1.54, 1.807) is 0 Å². The van der Waals surface area contributed by atoms with Crippen molar-refractivity contribution in [2.24, 2.45) is 5.92 Å². The monoisotopic (exact) mass is 418 g/mol. The summed E-state index contributed by atoms with van der Waals surface area (Å²) in [6.45, 7) is 4.61. The van der Waals surface area contributed by atoms with Crippen LogP contribution in [0.15, 0.2) is 11.8 Å². The number of amides is 3. The maximum absolute atomic E-state index is 12.5.